The van der Waals surface area contributed by atoms with E-state index in [4.69, 9.17) is 9.47 Å². The highest BCUT2D eigenvalue weighted by Crippen LogP contribution is 2.78. The predicted molar refractivity (Wildman–Crippen MR) is 93.1 cm³/mol. The van der Waals surface area contributed by atoms with Crippen LogP contribution in [0.5, 0.6) is 0 Å². The van der Waals surface area contributed by atoms with E-state index in [2.05, 4.69) is 13.8 Å². The van der Waals surface area contributed by atoms with Crippen LogP contribution in [0.15, 0.2) is 0 Å². The lowest BCUT2D eigenvalue weighted by molar-refractivity contribution is -0.418. The maximum Gasteiger partial charge on any atom is 0.449 e. The van der Waals surface area contributed by atoms with Crippen LogP contribution in [0.25, 0.3) is 0 Å². The van der Waals surface area contributed by atoms with Crippen LogP contribution < -0.4 is 0 Å². The summed E-state index contributed by atoms with van der Waals surface area (Å²) in [5.41, 5.74) is -5.00. The molecule has 4 bridgehead atoms. The average Bonchev–Trinajstić information content (AvgIpc) is 3.33. The Bertz CT molecular complexity index is 801. The van der Waals surface area contributed by atoms with E-state index < -0.39 is 41.0 Å². The third-order valence-corrected chi connectivity index (χ3v) is 9.78. The van der Waals surface area contributed by atoms with Crippen molar-refractivity contribution in [3.8, 4) is 0 Å². The zero-order valence-corrected chi connectivity index (χ0v) is 17.3. The normalized spacial score (nSPS) is 57.9. The van der Waals surface area contributed by atoms with Gasteiger partial charge in [0.1, 0.15) is 5.60 Å². The fourth-order valence-electron chi connectivity index (χ4n) is 8.60. The Morgan fingerprint density at radius 2 is 1.67 bits per heavy atom. The molecule has 9 heteroatoms. The molecule has 4 aliphatic carbocycles. The van der Waals surface area contributed by atoms with Gasteiger partial charge in [0.15, 0.2) is 0 Å². The molecule has 1 saturated heterocycles. The predicted octanol–water partition coefficient (Wildman–Crippen LogP) is 4.16. The summed E-state index contributed by atoms with van der Waals surface area (Å²) in [5.74, 6) is -9.68. The lowest BCUT2D eigenvalue weighted by Crippen LogP contribution is -2.66. The summed E-state index contributed by atoms with van der Waals surface area (Å²) in [6.45, 7) is 6.01. The lowest BCUT2D eigenvalue weighted by atomic mass is 9.58. The number of fused-ring (bicyclic) bond motifs is 10. The number of rotatable bonds is 1. The van der Waals surface area contributed by atoms with E-state index in [9.17, 15) is 23.1 Å². The van der Waals surface area contributed by atoms with Gasteiger partial charge in [-0.1, -0.05) is 13.8 Å². The number of esters is 1. The van der Waals surface area contributed by atoms with Crippen LogP contribution in [0.2, 0.25) is 0 Å². The summed E-state index contributed by atoms with van der Waals surface area (Å²) in [5, 5.41) is 10.2. The standard InChI is InChI=1S/C21H27F5O4/c1-8-9(2)13-6-12(8)15-11-5-14(16(13)15)18(7-11)17(4,29-10(3)27)19(22,23)20(28,30-18)21(24,25)26/h8-9,11-16,28H,5-7H2,1-4H3. The Kier molecular flexibility index (Phi) is 3.84. The zero-order valence-electron chi connectivity index (χ0n) is 17.3. The van der Waals surface area contributed by atoms with E-state index in [0.717, 1.165) is 20.3 Å². The van der Waals surface area contributed by atoms with Crippen molar-refractivity contribution in [2.45, 2.75) is 76.0 Å². The molecular weight excluding hydrogens is 411 g/mol. The molecule has 0 amide bonds. The quantitative estimate of drug-likeness (QED) is 0.380. The van der Waals surface area contributed by atoms with E-state index >= 15 is 8.78 Å². The van der Waals surface area contributed by atoms with Gasteiger partial charge in [0.2, 0.25) is 5.60 Å². The maximum absolute atomic E-state index is 15.4. The minimum Gasteiger partial charge on any atom is -0.450 e. The second-order valence-electron chi connectivity index (χ2n) is 10.6. The van der Waals surface area contributed by atoms with Crippen LogP contribution in [0, 0.1) is 47.3 Å². The van der Waals surface area contributed by atoms with Crippen molar-refractivity contribution in [3.63, 3.8) is 0 Å². The van der Waals surface area contributed by atoms with Gasteiger partial charge in [-0.15, -0.1) is 0 Å². The first-order valence-corrected chi connectivity index (χ1v) is 10.7. The second kappa shape index (κ2) is 5.50. The van der Waals surface area contributed by atoms with Crippen molar-refractivity contribution in [2.75, 3.05) is 0 Å². The van der Waals surface area contributed by atoms with Gasteiger partial charge in [-0.3, -0.25) is 4.79 Å². The minimum absolute atomic E-state index is 0.0544. The summed E-state index contributed by atoms with van der Waals surface area (Å²) in [6.07, 6.45) is -4.41. The number of alkyl halides is 5. The van der Waals surface area contributed by atoms with Gasteiger partial charge in [0.05, 0.1) is 0 Å². The molecule has 0 aromatic rings. The number of carbonyl (C=O) groups excluding carboxylic acids is 1. The van der Waals surface area contributed by atoms with Crippen molar-refractivity contribution in [1.29, 1.82) is 0 Å². The van der Waals surface area contributed by atoms with Crippen LogP contribution in [0.4, 0.5) is 22.0 Å². The Morgan fingerprint density at radius 3 is 2.20 bits per heavy atom. The molecule has 5 fully saturated rings. The molecule has 4 nitrogen and oxygen atoms in total. The van der Waals surface area contributed by atoms with Crippen LogP contribution >= 0.6 is 0 Å². The highest BCUT2D eigenvalue weighted by molar-refractivity contribution is 5.67. The molecule has 30 heavy (non-hydrogen) atoms. The smallest absolute Gasteiger partial charge is 0.449 e. The molecule has 1 aliphatic heterocycles. The summed E-state index contributed by atoms with van der Waals surface area (Å²) in [6, 6.07) is 0. The summed E-state index contributed by atoms with van der Waals surface area (Å²) >= 11 is 0. The number of carbonyl (C=O) groups is 1. The minimum atomic E-state index is -5.75. The van der Waals surface area contributed by atoms with Crippen molar-refractivity contribution in [1.82, 2.24) is 0 Å². The SMILES string of the molecule is CC(=O)OC1(C)C2(CC3CC2C2C4CC(C(C)C4C)C32)OC(O)(C(F)(F)F)C1(F)F. The Labute approximate surface area is 171 Å². The summed E-state index contributed by atoms with van der Waals surface area (Å²) < 4.78 is 82.1. The molecule has 1 N–H and O–H groups in total. The number of hydrogen-bond donors (Lipinski definition) is 1. The fourth-order valence-corrected chi connectivity index (χ4v) is 8.60. The molecule has 4 saturated carbocycles. The van der Waals surface area contributed by atoms with Gasteiger partial charge < -0.3 is 14.6 Å². The molecule has 1 spiro atoms. The molecule has 11 atom stereocenters. The highest BCUT2D eigenvalue weighted by Gasteiger charge is 2.93. The molecule has 0 aromatic carbocycles. The van der Waals surface area contributed by atoms with Gasteiger partial charge in [-0.05, 0) is 73.5 Å². The molecule has 5 rings (SSSR count). The zero-order chi connectivity index (χ0) is 22.2. The van der Waals surface area contributed by atoms with Gasteiger partial charge in [0, 0.05) is 6.92 Å². The van der Waals surface area contributed by atoms with Crippen molar-refractivity contribution >= 4 is 5.97 Å². The van der Waals surface area contributed by atoms with Crippen molar-refractivity contribution < 1.29 is 41.3 Å². The third kappa shape index (κ3) is 1.95. The lowest BCUT2D eigenvalue weighted by Gasteiger charge is -2.51. The van der Waals surface area contributed by atoms with E-state index in [1.807, 2.05) is 0 Å². The Hall–Kier alpha value is -0.960. The molecule has 11 unspecified atom stereocenters. The monoisotopic (exact) mass is 438 g/mol. The molecule has 5 aliphatic rings. The highest BCUT2D eigenvalue weighted by atomic mass is 19.4. The summed E-state index contributed by atoms with van der Waals surface area (Å²) in [7, 11) is 0. The van der Waals surface area contributed by atoms with E-state index in [0.29, 0.717) is 24.2 Å². The number of hydrogen-bond acceptors (Lipinski definition) is 4. The maximum atomic E-state index is 15.4. The van der Waals surface area contributed by atoms with E-state index in [1.54, 1.807) is 0 Å². The molecule has 170 valence electrons. The van der Waals surface area contributed by atoms with E-state index in [1.165, 1.54) is 0 Å². The molecular formula is C21H27F5O4. The van der Waals surface area contributed by atoms with Gasteiger partial charge in [0.25, 0.3) is 0 Å². The molecule has 0 radical (unpaired) electrons. The first-order chi connectivity index (χ1) is 13.6. The van der Waals surface area contributed by atoms with Gasteiger partial charge >= 0.3 is 23.9 Å². The second-order valence-corrected chi connectivity index (χ2v) is 10.6. The topological polar surface area (TPSA) is 55.8 Å². The first-order valence-electron chi connectivity index (χ1n) is 10.7. The summed E-state index contributed by atoms with van der Waals surface area (Å²) in [4.78, 5) is 11.8. The van der Waals surface area contributed by atoms with Crippen molar-refractivity contribution in [2.24, 2.45) is 47.3 Å². The first kappa shape index (κ1) is 20.9. The van der Waals surface area contributed by atoms with Crippen LogP contribution in [0.3, 0.4) is 0 Å². The van der Waals surface area contributed by atoms with E-state index in [-0.39, 0.29) is 30.1 Å². The fraction of sp³-hybridized carbons (Fsp3) is 0.952. The largest absolute Gasteiger partial charge is 0.450 e. The van der Waals surface area contributed by atoms with Gasteiger partial charge in [-0.2, -0.15) is 22.0 Å². The van der Waals surface area contributed by atoms with Crippen molar-refractivity contribution in [3.05, 3.63) is 0 Å². The Balaban J connectivity index is 1.64. The average molecular weight is 438 g/mol. The molecule has 0 aromatic heterocycles. The van der Waals surface area contributed by atoms with Crippen LogP contribution in [-0.4, -0.2) is 40.2 Å². The Morgan fingerprint density at radius 1 is 1.10 bits per heavy atom. The van der Waals surface area contributed by atoms with Gasteiger partial charge in [-0.25, -0.2) is 0 Å². The van der Waals surface area contributed by atoms with Crippen LogP contribution in [-0.2, 0) is 14.3 Å². The number of halogens is 5. The number of aliphatic hydroxyl groups is 1. The molecule has 1 heterocycles. The number of ether oxygens (including phenoxy) is 2. The van der Waals surface area contributed by atoms with Crippen LogP contribution in [0.1, 0.15) is 47.0 Å². The third-order valence-electron chi connectivity index (χ3n) is 9.78.